The number of H-pyrrole nitrogens is 1. The number of nitrogens with one attached hydrogen (secondary N) is 3. The van der Waals surface area contributed by atoms with E-state index in [4.69, 9.17) is 9.47 Å². The molecular formula is C28H29N5O4S. The third-order valence-electron chi connectivity index (χ3n) is 6.39. The maximum absolute atomic E-state index is 11.4. The highest BCUT2D eigenvalue weighted by atomic mass is 32.3. The van der Waals surface area contributed by atoms with Crippen LogP contribution in [0.25, 0.3) is 15.8 Å². The molecular weight excluding hydrogens is 502 g/mol. The fraction of sp³-hybridized carbons (Fsp3) is 0.214. The van der Waals surface area contributed by atoms with Crippen molar-refractivity contribution in [2.45, 2.75) is 12.8 Å². The maximum Gasteiger partial charge on any atom is 0.227 e. The number of rotatable bonds is 8. The van der Waals surface area contributed by atoms with Gasteiger partial charge < -0.3 is 20.1 Å². The SMILES string of the molecule is COc1ccc(C2=CS2(C)N=O)cc1Nc1n[nH]c2ccccc12.COc1ccc(NC(=O)C2CC2)cc1. The number of aromatic amines is 1. The number of hydrogen-bond acceptors (Lipinski definition) is 7. The van der Waals surface area contributed by atoms with Crippen molar-refractivity contribution in [3.05, 3.63) is 82.6 Å². The molecule has 196 valence electrons. The van der Waals surface area contributed by atoms with Crippen LogP contribution in [0.5, 0.6) is 11.5 Å². The summed E-state index contributed by atoms with van der Waals surface area (Å²) in [4.78, 5) is 23.4. The Hall–Kier alpha value is -4.31. The summed E-state index contributed by atoms with van der Waals surface area (Å²) in [6, 6.07) is 21.1. The van der Waals surface area contributed by atoms with Gasteiger partial charge in [-0.2, -0.15) is 5.10 Å². The summed E-state index contributed by atoms with van der Waals surface area (Å²) in [6.07, 6.45) is 3.94. The molecule has 38 heavy (non-hydrogen) atoms. The lowest BCUT2D eigenvalue weighted by atomic mass is 10.1. The van der Waals surface area contributed by atoms with Crippen molar-refractivity contribution in [1.82, 2.24) is 10.2 Å². The molecule has 0 bridgehead atoms. The van der Waals surface area contributed by atoms with Crippen LogP contribution in [0.1, 0.15) is 18.4 Å². The first-order chi connectivity index (χ1) is 18.4. The lowest BCUT2D eigenvalue weighted by Gasteiger charge is -2.12. The zero-order valence-electron chi connectivity index (χ0n) is 21.4. The smallest absolute Gasteiger partial charge is 0.227 e. The summed E-state index contributed by atoms with van der Waals surface area (Å²) < 4.78 is 13.7. The van der Waals surface area contributed by atoms with E-state index in [9.17, 15) is 9.70 Å². The van der Waals surface area contributed by atoms with Crippen molar-refractivity contribution in [3.63, 3.8) is 0 Å². The molecule has 1 aliphatic carbocycles. The Balaban J connectivity index is 0.000000179. The van der Waals surface area contributed by atoms with Gasteiger partial charge in [-0.25, -0.2) is 0 Å². The minimum Gasteiger partial charge on any atom is -0.497 e. The number of carbonyl (C=O) groups excluding carboxylic acids is 1. The van der Waals surface area contributed by atoms with E-state index in [0.29, 0.717) is 5.75 Å². The molecule has 9 nitrogen and oxygen atoms in total. The van der Waals surface area contributed by atoms with Gasteiger partial charge in [-0.1, -0.05) is 22.3 Å². The average Bonchev–Trinajstić information content (AvgIpc) is 3.88. The summed E-state index contributed by atoms with van der Waals surface area (Å²) in [6.45, 7) is 0. The van der Waals surface area contributed by atoms with E-state index < -0.39 is 10.2 Å². The van der Waals surface area contributed by atoms with E-state index in [1.807, 2.05) is 78.4 Å². The van der Waals surface area contributed by atoms with Crippen molar-refractivity contribution in [2.24, 2.45) is 10.5 Å². The van der Waals surface area contributed by atoms with Crippen LogP contribution in [0.15, 0.2) is 76.7 Å². The molecule has 2 aliphatic rings. The van der Waals surface area contributed by atoms with Crippen LogP contribution in [0.3, 0.4) is 0 Å². The van der Waals surface area contributed by atoms with E-state index >= 15 is 0 Å². The highest BCUT2D eigenvalue weighted by Crippen LogP contribution is 2.73. The van der Waals surface area contributed by atoms with Gasteiger partial charge >= 0.3 is 0 Å². The van der Waals surface area contributed by atoms with Gasteiger partial charge in [0.25, 0.3) is 0 Å². The number of benzene rings is 3. The fourth-order valence-corrected chi connectivity index (χ4v) is 5.61. The molecule has 1 fully saturated rings. The zero-order valence-corrected chi connectivity index (χ0v) is 22.2. The number of anilines is 3. The van der Waals surface area contributed by atoms with E-state index in [-0.39, 0.29) is 11.8 Å². The fourth-order valence-electron chi connectivity index (χ4n) is 3.96. The Morgan fingerprint density at radius 2 is 1.82 bits per heavy atom. The van der Waals surface area contributed by atoms with Crippen molar-refractivity contribution >= 4 is 49.1 Å². The predicted molar refractivity (Wildman–Crippen MR) is 154 cm³/mol. The molecule has 0 saturated heterocycles. The Bertz CT molecular complexity index is 1510. The standard InChI is InChI=1S/C17H16N4O2S.C11H13NO2/c1-23-15-8-7-11(16-10-24(16,2)21-22)9-14(15)18-17-12-5-3-4-6-13(12)19-20-17;1-14-10-6-4-9(5-7-10)12-11(13)8-2-3-8/h3-10H,1-2H3,(H2,18,19,20);4-8H,2-3H2,1H3,(H,12,13). The second-order valence-electron chi connectivity index (χ2n) is 9.14. The Kier molecular flexibility index (Phi) is 7.06. The first-order valence-electron chi connectivity index (χ1n) is 12.1. The number of ether oxygens (including phenoxy) is 2. The molecule has 2 heterocycles. The molecule has 1 amide bonds. The number of aromatic nitrogens is 2. The molecule has 1 atom stereocenters. The van der Waals surface area contributed by atoms with Crippen LogP contribution in [-0.4, -0.2) is 36.6 Å². The average molecular weight is 532 g/mol. The maximum atomic E-state index is 11.4. The zero-order chi connectivity index (χ0) is 26.7. The van der Waals surface area contributed by atoms with Crippen LogP contribution >= 0.6 is 10.2 Å². The molecule has 0 radical (unpaired) electrons. The van der Waals surface area contributed by atoms with Gasteiger partial charge in [0.2, 0.25) is 5.91 Å². The lowest BCUT2D eigenvalue weighted by molar-refractivity contribution is -0.117. The molecule has 4 aromatic rings. The minimum absolute atomic E-state index is 0.134. The van der Waals surface area contributed by atoms with Gasteiger partial charge in [-0.3, -0.25) is 9.89 Å². The highest BCUT2D eigenvalue weighted by molar-refractivity contribution is 8.47. The van der Waals surface area contributed by atoms with Gasteiger partial charge in [0.1, 0.15) is 11.5 Å². The van der Waals surface area contributed by atoms with Crippen molar-refractivity contribution < 1.29 is 14.3 Å². The van der Waals surface area contributed by atoms with Gasteiger partial charge in [-0.05, 0) is 89.2 Å². The summed E-state index contributed by atoms with van der Waals surface area (Å²) in [5, 5.41) is 16.5. The normalized spacial score (nSPS) is 19.2. The van der Waals surface area contributed by atoms with Crippen LogP contribution in [-0.2, 0) is 4.79 Å². The first kappa shape index (κ1) is 25.3. The van der Waals surface area contributed by atoms with Crippen LogP contribution in [0.2, 0.25) is 0 Å². The van der Waals surface area contributed by atoms with Gasteiger partial charge in [0.15, 0.2) is 5.82 Å². The highest BCUT2D eigenvalue weighted by Gasteiger charge is 2.37. The Morgan fingerprint density at radius 3 is 2.47 bits per heavy atom. The van der Waals surface area contributed by atoms with E-state index in [2.05, 4.69) is 25.4 Å². The number of amides is 1. The number of para-hydroxylation sites is 1. The van der Waals surface area contributed by atoms with E-state index in [1.165, 1.54) is 0 Å². The molecule has 3 aromatic carbocycles. The molecule has 1 aliphatic heterocycles. The number of methoxy groups -OCH3 is 2. The van der Waals surface area contributed by atoms with E-state index in [0.717, 1.165) is 57.2 Å². The number of nitrogens with zero attached hydrogens (tertiary/aromatic N) is 2. The predicted octanol–water partition coefficient (Wildman–Crippen LogP) is 6.79. The topological polar surface area (TPSA) is 118 Å². The van der Waals surface area contributed by atoms with Gasteiger partial charge in [-0.15, -0.1) is 4.91 Å². The van der Waals surface area contributed by atoms with Crippen LogP contribution in [0.4, 0.5) is 17.2 Å². The van der Waals surface area contributed by atoms with Crippen LogP contribution in [0, 0.1) is 10.8 Å². The van der Waals surface area contributed by atoms with Crippen molar-refractivity contribution in [3.8, 4) is 11.5 Å². The molecule has 10 heteroatoms. The second kappa shape index (κ2) is 10.6. The third-order valence-corrected chi connectivity index (χ3v) is 8.39. The van der Waals surface area contributed by atoms with Crippen molar-refractivity contribution in [1.29, 1.82) is 0 Å². The summed E-state index contributed by atoms with van der Waals surface area (Å²) in [7, 11) is 1.68. The number of carbonyl (C=O) groups is 1. The Labute approximate surface area is 222 Å². The van der Waals surface area contributed by atoms with Gasteiger partial charge in [0, 0.05) is 21.9 Å². The molecule has 3 N–H and O–H groups in total. The van der Waals surface area contributed by atoms with Crippen LogP contribution < -0.4 is 20.1 Å². The summed E-state index contributed by atoms with van der Waals surface area (Å²) in [5.74, 6) is 2.62. The summed E-state index contributed by atoms with van der Waals surface area (Å²) in [5.41, 5.74) is 3.58. The van der Waals surface area contributed by atoms with Gasteiger partial charge in [0.05, 0.1) is 25.4 Å². The number of hydrogen-bond donors (Lipinski definition) is 3. The largest absolute Gasteiger partial charge is 0.497 e. The summed E-state index contributed by atoms with van der Waals surface area (Å²) >= 11 is 0. The monoisotopic (exact) mass is 531 g/mol. The van der Waals surface area contributed by atoms with E-state index in [1.54, 1.807) is 14.2 Å². The van der Waals surface area contributed by atoms with Crippen molar-refractivity contribution in [2.75, 3.05) is 31.1 Å². The minimum atomic E-state index is -1.57. The molecule has 1 saturated carbocycles. The number of nitroso groups, excluding NO2 is 1. The quantitative estimate of drug-likeness (QED) is 0.216. The molecule has 0 spiro atoms. The molecule has 1 unspecified atom stereocenters. The Morgan fingerprint density at radius 1 is 1.05 bits per heavy atom. The third kappa shape index (κ3) is 5.50. The molecule has 6 rings (SSSR count). The first-order valence-corrected chi connectivity index (χ1v) is 14.2. The number of fused-ring (bicyclic) bond motifs is 1. The second-order valence-corrected chi connectivity index (χ2v) is 11.8. The molecule has 1 aromatic heterocycles. The lowest BCUT2D eigenvalue weighted by Crippen LogP contribution is -2.12.